The molecule has 0 saturated heterocycles. The minimum absolute atomic E-state index is 0.0157. The Bertz CT molecular complexity index is 1080. The van der Waals surface area contributed by atoms with Crippen molar-refractivity contribution in [1.82, 2.24) is 9.55 Å². The van der Waals surface area contributed by atoms with Gasteiger partial charge in [-0.2, -0.15) is 0 Å². The first kappa shape index (κ1) is 15.4. The molecule has 0 unspecified atom stereocenters. The van der Waals surface area contributed by atoms with Crippen LogP contribution in [0.25, 0.3) is 33.2 Å². The Morgan fingerprint density at radius 1 is 1.04 bits per heavy atom. The summed E-state index contributed by atoms with van der Waals surface area (Å²) in [6.07, 6.45) is 0.472. The molecule has 4 nitrogen and oxygen atoms in total. The molecule has 0 fully saturated rings. The zero-order chi connectivity index (χ0) is 17.4. The number of hydrogen-bond acceptors (Lipinski definition) is 2. The molecule has 4 rings (SSSR count). The number of anilines is 1. The van der Waals surface area contributed by atoms with E-state index < -0.39 is 0 Å². The monoisotopic (exact) mass is 329 g/mol. The van der Waals surface area contributed by atoms with Crippen molar-refractivity contribution in [3.8, 4) is 11.4 Å². The maximum atomic E-state index is 11.5. The Balaban J connectivity index is 1.80. The van der Waals surface area contributed by atoms with Crippen LogP contribution >= 0.6 is 0 Å². The van der Waals surface area contributed by atoms with Crippen LogP contribution in [0, 0.1) is 0 Å². The molecule has 0 aliphatic rings. The zero-order valence-electron chi connectivity index (χ0n) is 14.3. The third-order valence-corrected chi connectivity index (χ3v) is 4.52. The first-order valence-electron chi connectivity index (χ1n) is 8.42. The fraction of sp³-hybridized carbons (Fsp3) is 0.143. The van der Waals surface area contributed by atoms with Crippen molar-refractivity contribution in [2.24, 2.45) is 7.05 Å². The van der Waals surface area contributed by atoms with Gasteiger partial charge in [-0.1, -0.05) is 37.3 Å². The summed E-state index contributed by atoms with van der Waals surface area (Å²) in [6.45, 7) is 1.84. The lowest BCUT2D eigenvalue weighted by Crippen LogP contribution is -2.09. The van der Waals surface area contributed by atoms with Crippen LogP contribution in [0.15, 0.2) is 60.7 Å². The summed E-state index contributed by atoms with van der Waals surface area (Å²) >= 11 is 0. The van der Waals surface area contributed by atoms with Crippen molar-refractivity contribution in [1.29, 1.82) is 0 Å². The van der Waals surface area contributed by atoms with E-state index in [9.17, 15) is 4.79 Å². The second kappa shape index (κ2) is 6.06. The van der Waals surface area contributed by atoms with Gasteiger partial charge in [-0.3, -0.25) is 4.79 Å². The molecule has 0 spiro atoms. The van der Waals surface area contributed by atoms with Crippen LogP contribution in [0.2, 0.25) is 0 Å². The summed E-state index contributed by atoms with van der Waals surface area (Å²) in [5, 5.41) is 5.22. The van der Waals surface area contributed by atoms with E-state index in [2.05, 4.69) is 34.1 Å². The van der Waals surface area contributed by atoms with Gasteiger partial charge < -0.3 is 9.88 Å². The third-order valence-electron chi connectivity index (χ3n) is 4.52. The molecule has 0 radical (unpaired) electrons. The SMILES string of the molecule is CCC(=O)Nc1ccc(-c2nc3c4ccccc4ccc3n2C)cc1. The van der Waals surface area contributed by atoms with Crippen molar-refractivity contribution in [3.05, 3.63) is 60.7 Å². The Labute approximate surface area is 146 Å². The maximum Gasteiger partial charge on any atom is 0.224 e. The molecule has 0 saturated carbocycles. The smallest absolute Gasteiger partial charge is 0.224 e. The molecule has 4 heteroatoms. The number of aromatic nitrogens is 2. The average Bonchev–Trinajstić information content (AvgIpc) is 2.99. The number of fused-ring (bicyclic) bond motifs is 3. The predicted octanol–water partition coefficient (Wildman–Crippen LogP) is 4.74. The highest BCUT2D eigenvalue weighted by atomic mass is 16.1. The van der Waals surface area contributed by atoms with E-state index in [1.807, 2.05) is 50.4 Å². The highest BCUT2D eigenvalue weighted by Crippen LogP contribution is 2.29. The number of imidazole rings is 1. The average molecular weight is 329 g/mol. The standard InChI is InChI=1S/C21H19N3O/c1-3-19(25)22-16-11-8-15(9-12-16)21-23-20-17-7-5-4-6-14(17)10-13-18(20)24(21)2/h4-13H,3H2,1-2H3,(H,22,25). The fourth-order valence-corrected chi connectivity index (χ4v) is 3.14. The first-order chi connectivity index (χ1) is 12.2. The fourth-order valence-electron chi connectivity index (χ4n) is 3.14. The van der Waals surface area contributed by atoms with Gasteiger partial charge in [-0.15, -0.1) is 0 Å². The third kappa shape index (κ3) is 2.66. The molecule has 0 bridgehead atoms. The second-order valence-corrected chi connectivity index (χ2v) is 6.13. The Kier molecular flexibility index (Phi) is 3.73. The van der Waals surface area contributed by atoms with Gasteiger partial charge in [-0.25, -0.2) is 4.98 Å². The number of benzene rings is 3. The van der Waals surface area contributed by atoms with Crippen LogP contribution in [-0.2, 0) is 11.8 Å². The second-order valence-electron chi connectivity index (χ2n) is 6.13. The lowest BCUT2D eigenvalue weighted by molar-refractivity contribution is -0.115. The van der Waals surface area contributed by atoms with Crippen molar-refractivity contribution < 1.29 is 4.79 Å². The molecular formula is C21H19N3O. The Hall–Kier alpha value is -3.14. The van der Waals surface area contributed by atoms with Crippen LogP contribution in [0.1, 0.15) is 13.3 Å². The Morgan fingerprint density at radius 3 is 2.56 bits per heavy atom. The van der Waals surface area contributed by atoms with Gasteiger partial charge >= 0.3 is 0 Å². The molecule has 3 aromatic carbocycles. The molecule has 124 valence electrons. The van der Waals surface area contributed by atoms with Gasteiger partial charge in [0.05, 0.1) is 11.0 Å². The van der Waals surface area contributed by atoms with Crippen molar-refractivity contribution in [3.63, 3.8) is 0 Å². The summed E-state index contributed by atoms with van der Waals surface area (Å²) in [5.41, 5.74) is 3.95. The minimum atomic E-state index is 0.0157. The molecule has 4 aromatic rings. The molecule has 1 aromatic heterocycles. The summed E-state index contributed by atoms with van der Waals surface area (Å²) < 4.78 is 2.11. The molecule has 1 N–H and O–H groups in total. The van der Waals surface area contributed by atoms with Crippen LogP contribution < -0.4 is 5.32 Å². The maximum absolute atomic E-state index is 11.5. The van der Waals surface area contributed by atoms with Gasteiger partial charge in [0.1, 0.15) is 5.82 Å². The number of nitrogens with one attached hydrogen (secondary N) is 1. The minimum Gasteiger partial charge on any atom is -0.327 e. The lowest BCUT2D eigenvalue weighted by Gasteiger charge is -2.06. The topological polar surface area (TPSA) is 46.9 Å². The van der Waals surface area contributed by atoms with Crippen molar-refractivity contribution >= 4 is 33.4 Å². The van der Waals surface area contributed by atoms with E-state index in [0.717, 1.165) is 33.5 Å². The van der Waals surface area contributed by atoms with Gasteiger partial charge in [0.25, 0.3) is 0 Å². The highest BCUT2D eigenvalue weighted by Gasteiger charge is 2.12. The number of carbonyl (C=O) groups is 1. The number of hydrogen-bond donors (Lipinski definition) is 1. The lowest BCUT2D eigenvalue weighted by atomic mass is 10.1. The van der Waals surface area contributed by atoms with Crippen LogP contribution in [0.4, 0.5) is 5.69 Å². The number of carbonyl (C=O) groups excluding carboxylic acids is 1. The van der Waals surface area contributed by atoms with Crippen molar-refractivity contribution in [2.45, 2.75) is 13.3 Å². The molecule has 0 aliphatic heterocycles. The van der Waals surface area contributed by atoms with Crippen molar-refractivity contribution in [2.75, 3.05) is 5.32 Å². The zero-order valence-corrected chi connectivity index (χ0v) is 14.3. The summed E-state index contributed by atoms with van der Waals surface area (Å²) in [7, 11) is 2.03. The largest absolute Gasteiger partial charge is 0.327 e. The number of nitrogens with zero attached hydrogens (tertiary/aromatic N) is 2. The molecule has 0 aliphatic carbocycles. The normalized spacial score (nSPS) is 11.1. The van der Waals surface area contributed by atoms with E-state index >= 15 is 0 Å². The number of amides is 1. The van der Waals surface area contributed by atoms with Gasteiger partial charge in [0, 0.05) is 30.1 Å². The van der Waals surface area contributed by atoms with Crippen LogP contribution in [0.5, 0.6) is 0 Å². The van der Waals surface area contributed by atoms with Gasteiger partial charge in [-0.05, 0) is 35.7 Å². The van der Waals surface area contributed by atoms with E-state index in [0.29, 0.717) is 6.42 Å². The molecule has 0 atom stereocenters. The van der Waals surface area contributed by atoms with Gasteiger partial charge in [0.15, 0.2) is 0 Å². The van der Waals surface area contributed by atoms with E-state index in [4.69, 9.17) is 4.98 Å². The summed E-state index contributed by atoms with van der Waals surface area (Å²) in [6, 6.07) is 20.4. The molecule has 25 heavy (non-hydrogen) atoms. The summed E-state index contributed by atoms with van der Waals surface area (Å²) in [4.78, 5) is 16.4. The first-order valence-corrected chi connectivity index (χ1v) is 8.42. The van der Waals surface area contributed by atoms with E-state index in [1.165, 1.54) is 5.39 Å². The number of rotatable bonds is 3. The molecular weight excluding hydrogens is 310 g/mol. The van der Waals surface area contributed by atoms with Crippen LogP contribution in [-0.4, -0.2) is 15.5 Å². The predicted molar refractivity (Wildman–Crippen MR) is 103 cm³/mol. The Morgan fingerprint density at radius 2 is 1.80 bits per heavy atom. The van der Waals surface area contributed by atoms with E-state index in [1.54, 1.807) is 0 Å². The number of aryl methyl sites for hydroxylation is 1. The quantitative estimate of drug-likeness (QED) is 0.590. The highest BCUT2D eigenvalue weighted by molar-refractivity contribution is 6.05. The summed E-state index contributed by atoms with van der Waals surface area (Å²) in [5.74, 6) is 0.932. The molecule has 1 heterocycles. The van der Waals surface area contributed by atoms with Gasteiger partial charge in [0.2, 0.25) is 5.91 Å². The van der Waals surface area contributed by atoms with Crippen LogP contribution in [0.3, 0.4) is 0 Å². The van der Waals surface area contributed by atoms with E-state index in [-0.39, 0.29) is 5.91 Å². The molecule has 1 amide bonds.